The Labute approximate surface area is 173 Å². The normalized spacial score (nSPS) is 24.5. The SMILES string of the molecule is I.NC(=NC1CCOc2ccccc21)NC1CC1c1ccc(Br)cc1. The molecule has 2 aromatic rings. The molecule has 4 nitrogen and oxygen atoms in total. The molecule has 0 amide bonds. The van der Waals surface area contributed by atoms with Crippen LogP contribution >= 0.6 is 39.9 Å². The number of halogens is 2. The summed E-state index contributed by atoms with van der Waals surface area (Å²) in [6, 6.07) is 17.0. The van der Waals surface area contributed by atoms with Crippen molar-refractivity contribution in [2.45, 2.75) is 30.8 Å². The largest absolute Gasteiger partial charge is 0.493 e. The van der Waals surface area contributed by atoms with E-state index >= 15 is 0 Å². The van der Waals surface area contributed by atoms with Crippen molar-refractivity contribution in [2.24, 2.45) is 10.7 Å². The number of benzene rings is 2. The molecule has 0 bridgehead atoms. The van der Waals surface area contributed by atoms with Gasteiger partial charge in [0.05, 0.1) is 12.6 Å². The van der Waals surface area contributed by atoms with E-state index in [1.54, 1.807) is 0 Å². The molecule has 3 N–H and O–H groups in total. The van der Waals surface area contributed by atoms with E-state index in [0.717, 1.165) is 28.6 Å². The molecule has 4 rings (SSSR count). The molecule has 1 heterocycles. The molecule has 1 fully saturated rings. The highest BCUT2D eigenvalue weighted by Crippen LogP contribution is 2.41. The minimum absolute atomic E-state index is 0. The third-order valence-electron chi connectivity index (χ3n) is 4.64. The molecule has 2 aliphatic rings. The van der Waals surface area contributed by atoms with Gasteiger partial charge in [0.25, 0.3) is 0 Å². The maximum atomic E-state index is 6.16. The molecule has 0 aromatic heterocycles. The van der Waals surface area contributed by atoms with Gasteiger partial charge in [-0.25, -0.2) is 4.99 Å². The lowest BCUT2D eigenvalue weighted by Crippen LogP contribution is -2.35. The molecular formula is C19H21BrIN3O. The van der Waals surface area contributed by atoms with Gasteiger partial charge in [-0.3, -0.25) is 0 Å². The first-order valence-corrected chi connectivity index (χ1v) is 9.07. The van der Waals surface area contributed by atoms with Crippen molar-refractivity contribution in [3.8, 4) is 5.75 Å². The molecule has 25 heavy (non-hydrogen) atoms. The van der Waals surface area contributed by atoms with Gasteiger partial charge in [0, 0.05) is 28.4 Å². The number of aliphatic imine (C=N–C) groups is 1. The molecular weight excluding hydrogens is 493 g/mol. The molecule has 1 saturated carbocycles. The van der Waals surface area contributed by atoms with Gasteiger partial charge in [-0.15, -0.1) is 24.0 Å². The molecule has 2 aromatic carbocycles. The first-order valence-electron chi connectivity index (χ1n) is 8.28. The van der Waals surface area contributed by atoms with E-state index in [1.807, 2.05) is 18.2 Å². The highest BCUT2D eigenvalue weighted by atomic mass is 127. The Hall–Kier alpha value is -1.28. The van der Waals surface area contributed by atoms with Gasteiger partial charge in [0.1, 0.15) is 5.75 Å². The molecule has 3 unspecified atom stereocenters. The van der Waals surface area contributed by atoms with Crippen molar-refractivity contribution in [3.63, 3.8) is 0 Å². The summed E-state index contributed by atoms with van der Waals surface area (Å²) in [6.45, 7) is 0.684. The van der Waals surface area contributed by atoms with Crippen LogP contribution in [0.25, 0.3) is 0 Å². The first kappa shape index (κ1) is 18.5. The Morgan fingerprint density at radius 1 is 1.16 bits per heavy atom. The molecule has 0 spiro atoms. The number of nitrogens with two attached hydrogens (primary N) is 1. The van der Waals surface area contributed by atoms with E-state index in [1.165, 1.54) is 5.56 Å². The van der Waals surface area contributed by atoms with Gasteiger partial charge >= 0.3 is 0 Å². The third kappa shape index (κ3) is 4.28. The van der Waals surface area contributed by atoms with Crippen LogP contribution in [0.4, 0.5) is 0 Å². The first-order chi connectivity index (χ1) is 11.7. The van der Waals surface area contributed by atoms with Crippen LogP contribution in [0.2, 0.25) is 0 Å². The number of hydrogen-bond acceptors (Lipinski definition) is 2. The minimum Gasteiger partial charge on any atom is -0.493 e. The number of hydrogen-bond donors (Lipinski definition) is 2. The zero-order valence-electron chi connectivity index (χ0n) is 13.7. The van der Waals surface area contributed by atoms with Crippen LogP contribution in [-0.2, 0) is 0 Å². The second-order valence-electron chi connectivity index (χ2n) is 6.35. The second-order valence-corrected chi connectivity index (χ2v) is 7.27. The van der Waals surface area contributed by atoms with Crippen LogP contribution in [0.15, 0.2) is 58.0 Å². The summed E-state index contributed by atoms with van der Waals surface area (Å²) in [5.74, 6) is 1.97. The average molecular weight is 514 g/mol. The van der Waals surface area contributed by atoms with Crippen molar-refractivity contribution >= 4 is 45.9 Å². The zero-order valence-corrected chi connectivity index (χ0v) is 17.6. The van der Waals surface area contributed by atoms with Gasteiger partial charge in [0.2, 0.25) is 0 Å². The van der Waals surface area contributed by atoms with E-state index in [0.29, 0.717) is 24.5 Å². The van der Waals surface area contributed by atoms with Gasteiger partial charge in [-0.05, 0) is 30.2 Å². The predicted octanol–water partition coefficient (Wildman–Crippen LogP) is 4.35. The molecule has 6 heteroatoms. The van der Waals surface area contributed by atoms with Crippen molar-refractivity contribution in [1.29, 1.82) is 0 Å². The summed E-state index contributed by atoms with van der Waals surface area (Å²) >= 11 is 3.47. The standard InChI is InChI=1S/C19H20BrN3O.HI/c20-13-7-5-12(6-8-13)15-11-17(15)23-19(21)22-16-9-10-24-18-4-2-1-3-14(16)18;/h1-8,15-17H,9-11H2,(H3,21,22,23);1H. The number of ether oxygens (including phenoxy) is 1. The van der Waals surface area contributed by atoms with Gasteiger partial charge in [-0.1, -0.05) is 46.3 Å². The lowest BCUT2D eigenvalue weighted by molar-refractivity contribution is 0.269. The second kappa shape index (κ2) is 7.95. The number of nitrogens with one attached hydrogen (secondary N) is 1. The van der Waals surface area contributed by atoms with Crippen molar-refractivity contribution < 1.29 is 4.74 Å². The van der Waals surface area contributed by atoms with Crippen LogP contribution in [0, 0.1) is 0 Å². The molecule has 132 valence electrons. The van der Waals surface area contributed by atoms with E-state index in [4.69, 9.17) is 15.5 Å². The smallest absolute Gasteiger partial charge is 0.189 e. The average Bonchev–Trinajstić information content (AvgIpc) is 3.35. The molecule has 3 atom stereocenters. The van der Waals surface area contributed by atoms with Crippen molar-refractivity contribution in [3.05, 3.63) is 64.1 Å². The van der Waals surface area contributed by atoms with E-state index in [9.17, 15) is 0 Å². The Bertz CT molecular complexity index is 766. The van der Waals surface area contributed by atoms with E-state index < -0.39 is 0 Å². The van der Waals surface area contributed by atoms with Crippen LogP contribution < -0.4 is 15.8 Å². The van der Waals surface area contributed by atoms with Gasteiger partial charge in [0.15, 0.2) is 5.96 Å². The molecule has 1 aliphatic carbocycles. The molecule has 1 aliphatic heterocycles. The number of nitrogens with zero attached hydrogens (tertiary/aromatic N) is 1. The maximum Gasteiger partial charge on any atom is 0.189 e. The third-order valence-corrected chi connectivity index (χ3v) is 5.17. The number of guanidine groups is 1. The predicted molar refractivity (Wildman–Crippen MR) is 115 cm³/mol. The summed E-state index contributed by atoms with van der Waals surface area (Å²) in [4.78, 5) is 4.70. The lowest BCUT2D eigenvalue weighted by Gasteiger charge is -2.23. The van der Waals surface area contributed by atoms with Crippen molar-refractivity contribution in [2.75, 3.05) is 6.61 Å². The fourth-order valence-corrected chi connectivity index (χ4v) is 3.55. The summed E-state index contributed by atoms with van der Waals surface area (Å²) in [7, 11) is 0. The summed E-state index contributed by atoms with van der Waals surface area (Å²) in [6.07, 6.45) is 1.96. The van der Waals surface area contributed by atoms with Crippen molar-refractivity contribution in [1.82, 2.24) is 5.32 Å². The monoisotopic (exact) mass is 513 g/mol. The maximum absolute atomic E-state index is 6.16. The van der Waals surface area contributed by atoms with Crippen LogP contribution in [0.3, 0.4) is 0 Å². The number of para-hydroxylation sites is 1. The Balaban J connectivity index is 0.00000182. The zero-order chi connectivity index (χ0) is 16.5. The Morgan fingerprint density at radius 3 is 2.72 bits per heavy atom. The van der Waals surface area contributed by atoms with Crippen LogP contribution in [0.1, 0.15) is 35.9 Å². The molecule has 0 saturated heterocycles. The number of rotatable bonds is 3. The fourth-order valence-electron chi connectivity index (χ4n) is 3.29. The minimum atomic E-state index is 0. The quantitative estimate of drug-likeness (QED) is 0.364. The van der Waals surface area contributed by atoms with Gasteiger partial charge < -0.3 is 15.8 Å². The fraction of sp³-hybridized carbons (Fsp3) is 0.316. The van der Waals surface area contributed by atoms with Crippen LogP contribution in [-0.4, -0.2) is 18.6 Å². The Kier molecular flexibility index (Phi) is 5.89. The topological polar surface area (TPSA) is 59.6 Å². The molecule has 0 radical (unpaired) electrons. The highest BCUT2D eigenvalue weighted by Gasteiger charge is 2.38. The summed E-state index contributed by atoms with van der Waals surface area (Å²) in [5, 5.41) is 3.37. The highest BCUT2D eigenvalue weighted by molar-refractivity contribution is 14.0. The van der Waals surface area contributed by atoms with Gasteiger partial charge in [-0.2, -0.15) is 0 Å². The lowest BCUT2D eigenvalue weighted by atomic mass is 10.0. The van der Waals surface area contributed by atoms with Crippen LogP contribution in [0.5, 0.6) is 5.75 Å². The Morgan fingerprint density at radius 2 is 1.92 bits per heavy atom. The summed E-state index contributed by atoms with van der Waals surface area (Å²) in [5.41, 5.74) is 8.62. The van der Waals surface area contributed by atoms with E-state index in [-0.39, 0.29) is 30.0 Å². The number of fused-ring (bicyclic) bond motifs is 1. The summed E-state index contributed by atoms with van der Waals surface area (Å²) < 4.78 is 6.79. The van der Waals surface area contributed by atoms with E-state index in [2.05, 4.69) is 51.6 Å².